The summed E-state index contributed by atoms with van der Waals surface area (Å²) in [5.74, 6) is 0.320. The number of pyridine rings is 1. The number of benzene rings is 1. The van der Waals surface area contributed by atoms with Crippen molar-refractivity contribution in [3.63, 3.8) is 0 Å². The molecule has 0 amide bonds. The Morgan fingerprint density at radius 3 is 2.95 bits per heavy atom. The van der Waals surface area contributed by atoms with Gasteiger partial charge in [-0.25, -0.2) is 14.3 Å². The number of aromatic nitrogens is 3. The third-order valence-electron chi connectivity index (χ3n) is 3.13. The van der Waals surface area contributed by atoms with E-state index in [1.54, 1.807) is 19.4 Å². The summed E-state index contributed by atoms with van der Waals surface area (Å²) in [6.45, 7) is 0. The Morgan fingerprint density at radius 1 is 1.33 bits per heavy atom. The number of carboxylic acids is 1. The van der Waals surface area contributed by atoms with Crippen molar-refractivity contribution in [2.45, 2.75) is 6.42 Å². The average molecular weight is 283 g/mol. The summed E-state index contributed by atoms with van der Waals surface area (Å²) in [4.78, 5) is 15.5. The molecule has 0 atom stereocenters. The maximum absolute atomic E-state index is 11.2. The van der Waals surface area contributed by atoms with E-state index in [-0.39, 0.29) is 5.56 Å². The molecule has 1 N–H and O–H groups in total. The summed E-state index contributed by atoms with van der Waals surface area (Å²) >= 11 is 0. The van der Waals surface area contributed by atoms with E-state index in [0.717, 1.165) is 11.3 Å². The first-order chi connectivity index (χ1) is 10.2. The topological polar surface area (TPSA) is 76.7 Å². The van der Waals surface area contributed by atoms with Crippen molar-refractivity contribution < 1.29 is 14.6 Å². The monoisotopic (exact) mass is 283 g/mol. The minimum absolute atomic E-state index is 0.141. The number of carbonyl (C=O) groups is 1. The number of methoxy groups -OCH3 is 1. The zero-order valence-electron chi connectivity index (χ0n) is 11.4. The van der Waals surface area contributed by atoms with Crippen LogP contribution in [-0.2, 0) is 6.42 Å². The Balaban J connectivity index is 1.98. The summed E-state index contributed by atoms with van der Waals surface area (Å²) in [7, 11) is 1.61. The second-order valence-corrected chi connectivity index (χ2v) is 4.55. The molecule has 1 aromatic carbocycles. The lowest BCUT2D eigenvalue weighted by atomic mass is 10.1. The Bertz CT molecular complexity index is 811. The van der Waals surface area contributed by atoms with Gasteiger partial charge in [-0.15, -0.1) is 0 Å². The standard InChI is InChI=1S/C15H13N3O3/c1-21-11-5-2-4-10(8-11)9-13-16-14-12(15(19)20)6-3-7-18(14)17-13/h2-8H,9H2,1H3,(H,19,20). The summed E-state index contributed by atoms with van der Waals surface area (Å²) in [5, 5.41) is 13.5. The van der Waals surface area contributed by atoms with E-state index in [0.29, 0.717) is 17.9 Å². The molecule has 2 heterocycles. The number of hydrogen-bond donors (Lipinski definition) is 1. The second-order valence-electron chi connectivity index (χ2n) is 4.55. The second kappa shape index (κ2) is 5.24. The summed E-state index contributed by atoms with van der Waals surface area (Å²) in [6.07, 6.45) is 2.20. The highest BCUT2D eigenvalue weighted by molar-refractivity contribution is 5.94. The number of carboxylic acid groups (broad SMARTS) is 1. The Kier molecular flexibility index (Phi) is 3.27. The van der Waals surface area contributed by atoms with Gasteiger partial charge in [0.25, 0.3) is 0 Å². The van der Waals surface area contributed by atoms with E-state index in [1.807, 2.05) is 24.3 Å². The van der Waals surface area contributed by atoms with E-state index in [9.17, 15) is 4.79 Å². The first-order valence-corrected chi connectivity index (χ1v) is 6.38. The molecule has 0 unspecified atom stereocenters. The van der Waals surface area contributed by atoms with Gasteiger partial charge in [-0.05, 0) is 29.8 Å². The number of ether oxygens (including phenoxy) is 1. The number of rotatable bonds is 4. The maximum atomic E-state index is 11.2. The molecule has 3 rings (SSSR count). The predicted octanol–water partition coefficient (Wildman–Crippen LogP) is 2.03. The molecule has 3 aromatic rings. The Labute approximate surface area is 120 Å². The Hall–Kier alpha value is -2.89. The minimum Gasteiger partial charge on any atom is -0.497 e. The zero-order chi connectivity index (χ0) is 14.8. The van der Waals surface area contributed by atoms with E-state index in [4.69, 9.17) is 9.84 Å². The van der Waals surface area contributed by atoms with Gasteiger partial charge in [0.15, 0.2) is 11.5 Å². The normalized spacial score (nSPS) is 10.7. The molecule has 6 heteroatoms. The molecule has 0 radical (unpaired) electrons. The van der Waals surface area contributed by atoms with Crippen LogP contribution in [0.5, 0.6) is 5.75 Å². The number of fused-ring (bicyclic) bond motifs is 1. The number of hydrogen-bond acceptors (Lipinski definition) is 4. The lowest BCUT2D eigenvalue weighted by Gasteiger charge is -2.01. The van der Waals surface area contributed by atoms with E-state index in [1.165, 1.54) is 10.6 Å². The van der Waals surface area contributed by atoms with Crippen LogP contribution >= 0.6 is 0 Å². The molecule has 0 spiro atoms. The SMILES string of the molecule is COc1cccc(Cc2nc3c(C(=O)O)cccn3n2)c1. The molecule has 106 valence electrons. The number of nitrogens with zero attached hydrogens (tertiary/aromatic N) is 3. The van der Waals surface area contributed by atoms with Gasteiger partial charge in [0.2, 0.25) is 0 Å². The summed E-state index contributed by atoms with van der Waals surface area (Å²) < 4.78 is 6.66. The van der Waals surface area contributed by atoms with Crippen LogP contribution in [0, 0.1) is 0 Å². The fourth-order valence-corrected chi connectivity index (χ4v) is 2.16. The van der Waals surface area contributed by atoms with Crippen molar-refractivity contribution in [2.24, 2.45) is 0 Å². The molecule has 0 saturated heterocycles. The van der Waals surface area contributed by atoms with Crippen LogP contribution in [-0.4, -0.2) is 32.8 Å². The predicted molar refractivity (Wildman–Crippen MR) is 75.7 cm³/mol. The minimum atomic E-state index is -1.01. The quantitative estimate of drug-likeness (QED) is 0.792. The molecule has 0 aliphatic rings. The van der Waals surface area contributed by atoms with Gasteiger partial charge in [-0.3, -0.25) is 0 Å². The first kappa shape index (κ1) is 13.1. The van der Waals surface area contributed by atoms with Crippen LogP contribution in [0.2, 0.25) is 0 Å². The third-order valence-corrected chi connectivity index (χ3v) is 3.13. The molecule has 21 heavy (non-hydrogen) atoms. The fourth-order valence-electron chi connectivity index (χ4n) is 2.16. The van der Waals surface area contributed by atoms with E-state index < -0.39 is 5.97 Å². The number of aromatic carboxylic acids is 1. The van der Waals surface area contributed by atoms with Crippen LogP contribution in [0.15, 0.2) is 42.6 Å². The van der Waals surface area contributed by atoms with Crippen LogP contribution in [0.3, 0.4) is 0 Å². The molecule has 0 fully saturated rings. The highest BCUT2D eigenvalue weighted by Gasteiger charge is 2.13. The molecule has 2 aromatic heterocycles. The average Bonchev–Trinajstić information content (AvgIpc) is 2.89. The van der Waals surface area contributed by atoms with Crippen molar-refractivity contribution in [2.75, 3.05) is 7.11 Å². The molecule has 0 bridgehead atoms. The molecule has 0 aliphatic carbocycles. The lowest BCUT2D eigenvalue weighted by molar-refractivity contribution is 0.0698. The first-order valence-electron chi connectivity index (χ1n) is 6.38. The van der Waals surface area contributed by atoms with Crippen LogP contribution in [0.25, 0.3) is 5.65 Å². The van der Waals surface area contributed by atoms with Gasteiger partial charge in [0.05, 0.1) is 7.11 Å². The van der Waals surface area contributed by atoms with Crippen molar-refractivity contribution in [3.8, 4) is 5.75 Å². The van der Waals surface area contributed by atoms with Crippen LogP contribution in [0.1, 0.15) is 21.7 Å². The van der Waals surface area contributed by atoms with Gasteiger partial charge in [0.1, 0.15) is 11.3 Å². The van der Waals surface area contributed by atoms with Gasteiger partial charge >= 0.3 is 5.97 Å². The molecular formula is C15H13N3O3. The molecule has 0 saturated carbocycles. The van der Waals surface area contributed by atoms with Gasteiger partial charge in [-0.2, -0.15) is 5.10 Å². The van der Waals surface area contributed by atoms with Crippen molar-refractivity contribution in [3.05, 3.63) is 59.5 Å². The lowest BCUT2D eigenvalue weighted by Crippen LogP contribution is -2.00. The Morgan fingerprint density at radius 2 is 2.19 bits per heavy atom. The fraction of sp³-hybridized carbons (Fsp3) is 0.133. The summed E-state index contributed by atoms with van der Waals surface area (Å²) in [5.41, 5.74) is 1.49. The largest absolute Gasteiger partial charge is 0.497 e. The van der Waals surface area contributed by atoms with Gasteiger partial charge in [-0.1, -0.05) is 12.1 Å². The third kappa shape index (κ3) is 2.55. The zero-order valence-corrected chi connectivity index (χ0v) is 11.4. The van der Waals surface area contributed by atoms with E-state index in [2.05, 4.69) is 10.1 Å². The maximum Gasteiger partial charge on any atom is 0.339 e. The summed E-state index contributed by atoms with van der Waals surface area (Å²) in [6, 6.07) is 10.8. The van der Waals surface area contributed by atoms with Crippen LogP contribution in [0.4, 0.5) is 0 Å². The van der Waals surface area contributed by atoms with Gasteiger partial charge < -0.3 is 9.84 Å². The van der Waals surface area contributed by atoms with E-state index >= 15 is 0 Å². The molecule has 0 aliphatic heterocycles. The van der Waals surface area contributed by atoms with Gasteiger partial charge in [0, 0.05) is 12.6 Å². The highest BCUT2D eigenvalue weighted by atomic mass is 16.5. The van der Waals surface area contributed by atoms with Crippen molar-refractivity contribution in [1.82, 2.24) is 14.6 Å². The molecular weight excluding hydrogens is 270 g/mol. The smallest absolute Gasteiger partial charge is 0.339 e. The van der Waals surface area contributed by atoms with Crippen molar-refractivity contribution in [1.29, 1.82) is 0 Å². The van der Waals surface area contributed by atoms with Crippen LogP contribution < -0.4 is 4.74 Å². The van der Waals surface area contributed by atoms with Crippen molar-refractivity contribution >= 4 is 11.6 Å². The highest BCUT2D eigenvalue weighted by Crippen LogP contribution is 2.16. The molecule has 6 nitrogen and oxygen atoms in total.